The third-order valence-electron chi connectivity index (χ3n) is 7.57. The van der Waals surface area contributed by atoms with Gasteiger partial charge in [-0.1, -0.05) is 26.8 Å². The third kappa shape index (κ3) is 2.06. The highest BCUT2D eigenvalue weighted by Gasteiger charge is 2.62. The molecule has 0 N–H and O–H groups in total. The molecule has 124 valence electrons. The summed E-state index contributed by atoms with van der Waals surface area (Å²) >= 11 is 0. The van der Waals surface area contributed by atoms with E-state index in [0.717, 1.165) is 32.1 Å². The molecule has 3 aliphatic rings. The molecule has 5 atom stereocenters. The average Bonchev–Trinajstić information content (AvgIpc) is 2.42. The van der Waals surface area contributed by atoms with Gasteiger partial charge in [0, 0.05) is 11.8 Å². The molecule has 2 aliphatic carbocycles. The minimum absolute atomic E-state index is 0.0666. The largest absolute Gasteiger partial charge is 0.365 e. The van der Waals surface area contributed by atoms with Gasteiger partial charge in [0.2, 0.25) is 0 Å². The van der Waals surface area contributed by atoms with Crippen LogP contribution >= 0.6 is 0 Å². The Hall–Kier alpha value is -0.630. The molecule has 22 heavy (non-hydrogen) atoms. The standard InChI is InChI=1S/C20H32O2/c1-7-18(4)11-8-15-19(5)12-10-16(21)17(2,3)14(19)9-13-20(15,6)22-18/h7,14-15H,1,8-13H2,2-6H3/t14-,15+,18-,19-,20+/m1/s1. The summed E-state index contributed by atoms with van der Waals surface area (Å²) in [5.41, 5.74) is -0.197. The maximum atomic E-state index is 12.5. The van der Waals surface area contributed by atoms with E-state index >= 15 is 0 Å². The zero-order valence-electron chi connectivity index (χ0n) is 15.0. The van der Waals surface area contributed by atoms with E-state index in [4.69, 9.17) is 4.74 Å². The van der Waals surface area contributed by atoms with Gasteiger partial charge >= 0.3 is 0 Å². The van der Waals surface area contributed by atoms with Crippen molar-refractivity contribution < 1.29 is 9.53 Å². The fraction of sp³-hybridized carbons (Fsp3) is 0.850. The van der Waals surface area contributed by atoms with E-state index in [9.17, 15) is 4.79 Å². The molecule has 3 rings (SSSR count). The first-order valence-electron chi connectivity index (χ1n) is 8.94. The lowest BCUT2D eigenvalue weighted by Gasteiger charge is -2.64. The van der Waals surface area contributed by atoms with Crippen molar-refractivity contribution in [2.24, 2.45) is 22.7 Å². The van der Waals surface area contributed by atoms with Gasteiger partial charge in [0.05, 0.1) is 11.2 Å². The number of hydrogen-bond donors (Lipinski definition) is 0. The van der Waals surface area contributed by atoms with Crippen molar-refractivity contribution in [2.75, 3.05) is 0 Å². The van der Waals surface area contributed by atoms with Crippen LogP contribution in [0.5, 0.6) is 0 Å². The van der Waals surface area contributed by atoms with Gasteiger partial charge in [0.15, 0.2) is 0 Å². The van der Waals surface area contributed by atoms with Crippen molar-refractivity contribution in [3.8, 4) is 0 Å². The number of Topliss-reactive ketones (excluding diaryl/α,β-unsaturated/α-hetero) is 1. The van der Waals surface area contributed by atoms with E-state index in [1.165, 1.54) is 6.42 Å². The highest BCUT2D eigenvalue weighted by Crippen LogP contribution is 2.64. The van der Waals surface area contributed by atoms with Crippen LogP contribution in [0, 0.1) is 22.7 Å². The minimum Gasteiger partial charge on any atom is -0.365 e. The SMILES string of the molecule is C=C[C@]1(C)CC[C@H]2[C@]3(C)CCC(=O)C(C)(C)[C@H]3CC[C@]2(C)O1. The van der Waals surface area contributed by atoms with Crippen molar-refractivity contribution in [3.63, 3.8) is 0 Å². The minimum atomic E-state index is -0.186. The molecular formula is C20H32O2. The van der Waals surface area contributed by atoms with Crippen LogP contribution in [0.25, 0.3) is 0 Å². The predicted molar refractivity (Wildman–Crippen MR) is 89.7 cm³/mol. The van der Waals surface area contributed by atoms with Crippen LogP contribution in [0.3, 0.4) is 0 Å². The van der Waals surface area contributed by atoms with Crippen LogP contribution < -0.4 is 0 Å². The average molecular weight is 304 g/mol. The van der Waals surface area contributed by atoms with Gasteiger partial charge in [0.25, 0.3) is 0 Å². The van der Waals surface area contributed by atoms with Crippen molar-refractivity contribution >= 4 is 5.78 Å². The molecule has 0 radical (unpaired) electrons. The molecule has 1 saturated heterocycles. The van der Waals surface area contributed by atoms with Crippen LogP contribution in [-0.4, -0.2) is 17.0 Å². The summed E-state index contributed by atoms with van der Waals surface area (Å²) in [7, 11) is 0. The van der Waals surface area contributed by atoms with Crippen molar-refractivity contribution in [2.45, 2.75) is 84.3 Å². The van der Waals surface area contributed by atoms with Gasteiger partial charge in [-0.3, -0.25) is 4.79 Å². The second kappa shape index (κ2) is 4.69. The number of carbonyl (C=O) groups excluding carboxylic acids is 1. The molecule has 1 heterocycles. The molecule has 0 unspecified atom stereocenters. The van der Waals surface area contributed by atoms with Crippen molar-refractivity contribution in [1.29, 1.82) is 0 Å². The normalized spacial score (nSPS) is 50.9. The zero-order valence-corrected chi connectivity index (χ0v) is 15.0. The first kappa shape index (κ1) is 16.2. The summed E-state index contributed by atoms with van der Waals surface area (Å²) in [4.78, 5) is 12.5. The zero-order chi connectivity index (χ0) is 16.4. The van der Waals surface area contributed by atoms with E-state index in [2.05, 4.69) is 41.2 Å². The molecule has 0 aromatic carbocycles. The fourth-order valence-corrected chi connectivity index (χ4v) is 6.22. The van der Waals surface area contributed by atoms with Gasteiger partial charge < -0.3 is 4.74 Å². The topological polar surface area (TPSA) is 26.3 Å². The Kier molecular flexibility index (Phi) is 3.46. The lowest BCUT2D eigenvalue weighted by Crippen LogP contribution is -2.63. The van der Waals surface area contributed by atoms with Crippen molar-refractivity contribution in [1.82, 2.24) is 0 Å². The van der Waals surface area contributed by atoms with E-state index in [1.807, 2.05) is 6.08 Å². The van der Waals surface area contributed by atoms with E-state index in [0.29, 0.717) is 17.6 Å². The summed E-state index contributed by atoms with van der Waals surface area (Å²) in [5.74, 6) is 1.52. The summed E-state index contributed by atoms with van der Waals surface area (Å²) in [5, 5.41) is 0. The second-order valence-electron chi connectivity index (χ2n) is 9.26. The van der Waals surface area contributed by atoms with Gasteiger partial charge in [-0.05, 0) is 63.2 Å². The van der Waals surface area contributed by atoms with E-state index in [-0.39, 0.29) is 22.0 Å². The molecule has 2 heteroatoms. The molecule has 0 aromatic heterocycles. The molecule has 1 aliphatic heterocycles. The van der Waals surface area contributed by atoms with E-state index in [1.54, 1.807) is 0 Å². The molecule has 0 aromatic rings. The van der Waals surface area contributed by atoms with E-state index < -0.39 is 0 Å². The first-order chi connectivity index (χ1) is 10.1. The van der Waals surface area contributed by atoms with Crippen LogP contribution in [0.2, 0.25) is 0 Å². The number of ether oxygens (including phenoxy) is 1. The summed E-state index contributed by atoms with van der Waals surface area (Å²) in [6, 6.07) is 0. The molecule has 2 saturated carbocycles. The highest BCUT2D eigenvalue weighted by atomic mass is 16.5. The van der Waals surface area contributed by atoms with Crippen LogP contribution in [0.1, 0.15) is 73.1 Å². The smallest absolute Gasteiger partial charge is 0.138 e. The highest BCUT2D eigenvalue weighted by molar-refractivity contribution is 5.85. The first-order valence-corrected chi connectivity index (χ1v) is 8.94. The Morgan fingerprint density at radius 1 is 1.05 bits per heavy atom. The Bertz CT molecular complexity index is 508. The van der Waals surface area contributed by atoms with Gasteiger partial charge in [-0.15, -0.1) is 6.58 Å². The predicted octanol–water partition coefficient (Wildman–Crippen LogP) is 4.92. The molecule has 0 bridgehead atoms. The number of ketones is 1. The lowest BCUT2D eigenvalue weighted by molar-refractivity contribution is -0.250. The Labute approximate surface area is 135 Å². The van der Waals surface area contributed by atoms with Gasteiger partial charge in [0.1, 0.15) is 5.78 Å². The van der Waals surface area contributed by atoms with Gasteiger partial charge in [-0.2, -0.15) is 0 Å². The number of carbonyl (C=O) groups is 1. The third-order valence-corrected chi connectivity index (χ3v) is 7.57. The Morgan fingerprint density at radius 3 is 2.32 bits per heavy atom. The lowest BCUT2D eigenvalue weighted by atomic mass is 9.44. The summed E-state index contributed by atoms with van der Waals surface area (Å²) in [6.45, 7) is 15.3. The fourth-order valence-electron chi connectivity index (χ4n) is 6.22. The molecule has 0 amide bonds. The number of hydrogen-bond acceptors (Lipinski definition) is 2. The van der Waals surface area contributed by atoms with Crippen LogP contribution in [0.15, 0.2) is 12.7 Å². The molecule has 3 fully saturated rings. The Morgan fingerprint density at radius 2 is 1.68 bits per heavy atom. The number of rotatable bonds is 1. The maximum Gasteiger partial charge on any atom is 0.138 e. The molecule has 0 spiro atoms. The second-order valence-corrected chi connectivity index (χ2v) is 9.26. The molecule has 2 nitrogen and oxygen atoms in total. The maximum absolute atomic E-state index is 12.5. The van der Waals surface area contributed by atoms with Crippen LogP contribution in [-0.2, 0) is 9.53 Å². The molecular weight excluding hydrogens is 272 g/mol. The van der Waals surface area contributed by atoms with Crippen molar-refractivity contribution in [3.05, 3.63) is 12.7 Å². The van der Waals surface area contributed by atoms with Gasteiger partial charge in [-0.25, -0.2) is 0 Å². The van der Waals surface area contributed by atoms with Crippen LogP contribution in [0.4, 0.5) is 0 Å². The number of fused-ring (bicyclic) bond motifs is 3. The summed E-state index contributed by atoms with van der Waals surface area (Å²) in [6.07, 6.45) is 8.17. The summed E-state index contributed by atoms with van der Waals surface area (Å²) < 4.78 is 6.62. The monoisotopic (exact) mass is 304 g/mol. The Balaban J connectivity index is 1.97. The quantitative estimate of drug-likeness (QED) is 0.643.